The SMILES string of the molecule is CC.CC.CCCCCC(C)CC.COc1nc2c(c(N3CCN(C(=O)OC(C)(C)C)CC3)n1)CCNC2.CS. The van der Waals surface area contributed by atoms with E-state index in [1.165, 1.54) is 37.7 Å². The largest absolute Gasteiger partial charge is 0.467 e. The lowest BCUT2D eigenvalue weighted by atomic mass is 10.0. The lowest BCUT2D eigenvalue weighted by molar-refractivity contribution is 0.0240. The van der Waals surface area contributed by atoms with Crippen LogP contribution in [0, 0.1) is 5.92 Å². The molecule has 0 bridgehead atoms. The van der Waals surface area contributed by atoms with Crippen molar-refractivity contribution in [3.05, 3.63) is 11.3 Å². The number of nitrogens with zero attached hydrogens (tertiary/aromatic N) is 4. The summed E-state index contributed by atoms with van der Waals surface area (Å²) < 4.78 is 10.7. The Balaban J connectivity index is 0. The molecule has 1 saturated heterocycles. The maximum absolute atomic E-state index is 12.2. The van der Waals surface area contributed by atoms with Gasteiger partial charge in [0.05, 0.1) is 12.8 Å². The van der Waals surface area contributed by atoms with E-state index in [0.29, 0.717) is 19.1 Å². The molecule has 2 aliphatic heterocycles. The van der Waals surface area contributed by atoms with E-state index in [4.69, 9.17) is 9.47 Å². The van der Waals surface area contributed by atoms with Crippen LogP contribution in [-0.4, -0.2) is 72.7 Å². The van der Waals surface area contributed by atoms with Crippen molar-refractivity contribution in [1.82, 2.24) is 20.2 Å². The van der Waals surface area contributed by atoms with E-state index in [1.807, 2.05) is 48.5 Å². The molecule has 1 unspecified atom stereocenters. The number of amides is 1. The van der Waals surface area contributed by atoms with Crippen LogP contribution in [-0.2, 0) is 17.7 Å². The smallest absolute Gasteiger partial charge is 0.410 e. The van der Waals surface area contributed by atoms with Gasteiger partial charge in [-0.3, -0.25) is 0 Å². The quantitative estimate of drug-likeness (QED) is 0.255. The van der Waals surface area contributed by atoms with Gasteiger partial charge in [-0.1, -0.05) is 80.6 Å². The van der Waals surface area contributed by atoms with Crippen LogP contribution in [0.25, 0.3) is 0 Å². The summed E-state index contributed by atoms with van der Waals surface area (Å²) in [6.07, 6.45) is 9.35. The number of thiol groups is 1. The maximum Gasteiger partial charge on any atom is 0.410 e. The lowest BCUT2D eigenvalue weighted by Gasteiger charge is -2.37. The highest BCUT2D eigenvalue weighted by Crippen LogP contribution is 2.27. The van der Waals surface area contributed by atoms with Crippen molar-refractivity contribution in [2.75, 3.05) is 51.0 Å². The van der Waals surface area contributed by atoms with Gasteiger partial charge in [0.15, 0.2) is 0 Å². The third kappa shape index (κ3) is 15.9. The van der Waals surface area contributed by atoms with Gasteiger partial charge in [0, 0.05) is 38.3 Å². The number of aromatic nitrogens is 2. The molecule has 1 fully saturated rings. The number of unbranched alkanes of at least 4 members (excludes halogenated alkanes) is 2. The molecule has 0 spiro atoms. The Labute approximate surface area is 252 Å². The van der Waals surface area contributed by atoms with Crippen LogP contribution in [0.2, 0.25) is 0 Å². The number of ether oxygens (including phenoxy) is 2. The second kappa shape index (κ2) is 23.9. The van der Waals surface area contributed by atoms with Gasteiger partial charge in [-0.25, -0.2) is 4.79 Å². The first-order chi connectivity index (χ1) is 19.2. The topological polar surface area (TPSA) is 79.8 Å². The fourth-order valence-electron chi connectivity index (χ4n) is 4.04. The van der Waals surface area contributed by atoms with Crippen molar-refractivity contribution >= 4 is 24.5 Å². The van der Waals surface area contributed by atoms with Gasteiger partial charge in [0.25, 0.3) is 0 Å². The standard InChI is InChI=1S/C17H27N5O3.C9H20.2C2H6.CH4S/c1-17(2,3)25-16(23)22-9-7-21(8-10-22)14-12-5-6-18-11-13(12)19-15(20-14)24-4;1-4-6-7-8-9(3)5-2;3*1-2/h18H,5-11H2,1-4H3;9H,4-8H2,1-3H3;2*1-2H3;2H,1H3. The van der Waals surface area contributed by atoms with Gasteiger partial charge in [0.2, 0.25) is 0 Å². The number of anilines is 1. The molecule has 0 aromatic carbocycles. The number of rotatable bonds is 7. The summed E-state index contributed by atoms with van der Waals surface area (Å²) >= 11 is 3.53. The lowest BCUT2D eigenvalue weighted by Crippen LogP contribution is -2.50. The van der Waals surface area contributed by atoms with E-state index < -0.39 is 5.60 Å². The first kappa shape index (κ1) is 40.4. The number of hydrogen-bond acceptors (Lipinski definition) is 8. The summed E-state index contributed by atoms with van der Waals surface area (Å²) in [5.74, 6) is 1.89. The number of piperazine rings is 1. The van der Waals surface area contributed by atoms with Crippen LogP contribution in [0.3, 0.4) is 0 Å². The Morgan fingerprint density at radius 1 is 1.02 bits per heavy atom. The fraction of sp³-hybridized carbons (Fsp3) is 0.839. The summed E-state index contributed by atoms with van der Waals surface area (Å²) in [6.45, 7) is 24.9. The summed E-state index contributed by atoms with van der Waals surface area (Å²) in [7, 11) is 1.59. The van der Waals surface area contributed by atoms with Gasteiger partial charge in [-0.05, 0) is 45.9 Å². The van der Waals surface area contributed by atoms with Crippen LogP contribution in [0.15, 0.2) is 0 Å². The van der Waals surface area contributed by atoms with E-state index in [0.717, 1.165) is 50.0 Å². The highest BCUT2D eigenvalue weighted by molar-refractivity contribution is 7.79. The molecule has 0 saturated carbocycles. The Hall–Kier alpha value is -1.74. The van der Waals surface area contributed by atoms with Gasteiger partial charge in [0.1, 0.15) is 11.4 Å². The number of carbonyl (C=O) groups excluding carboxylic acids is 1. The summed E-state index contributed by atoms with van der Waals surface area (Å²) in [5.41, 5.74) is 1.72. The number of fused-ring (bicyclic) bond motifs is 1. The molecule has 9 heteroatoms. The monoisotopic (exact) mass is 585 g/mol. The maximum atomic E-state index is 12.2. The molecule has 1 atom stereocenters. The molecule has 40 heavy (non-hydrogen) atoms. The number of nitrogens with one attached hydrogen (secondary N) is 1. The highest BCUT2D eigenvalue weighted by atomic mass is 32.1. The van der Waals surface area contributed by atoms with Crippen molar-refractivity contribution in [3.8, 4) is 6.01 Å². The Morgan fingerprint density at radius 2 is 1.62 bits per heavy atom. The van der Waals surface area contributed by atoms with Gasteiger partial charge < -0.3 is 24.6 Å². The summed E-state index contributed by atoms with van der Waals surface area (Å²) in [4.78, 5) is 25.2. The normalized spacial score (nSPS) is 14.7. The van der Waals surface area contributed by atoms with Crippen LogP contribution >= 0.6 is 12.6 Å². The summed E-state index contributed by atoms with van der Waals surface area (Å²) in [5, 5.41) is 3.33. The van der Waals surface area contributed by atoms with E-state index in [9.17, 15) is 4.79 Å². The van der Waals surface area contributed by atoms with E-state index in [-0.39, 0.29) is 6.09 Å². The molecular weight excluding hydrogens is 522 g/mol. The zero-order valence-corrected chi connectivity index (χ0v) is 28.9. The second-order valence-corrected chi connectivity index (χ2v) is 10.3. The average molecular weight is 586 g/mol. The van der Waals surface area contributed by atoms with Crippen molar-refractivity contribution in [3.63, 3.8) is 0 Å². The minimum Gasteiger partial charge on any atom is -0.467 e. The van der Waals surface area contributed by atoms with Crippen LogP contribution in [0.1, 0.15) is 113 Å². The molecule has 1 aromatic rings. The third-order valence-corrected chi connectivity index (χ3v) is 6.31. The zero-order chi connectivity index (χ0) is 31.1. The molecule has 1 amide bonds. The molecule has 8 nitrogen and oxygen atoms in total. The minimum atomic E-state index is -0.472. The molecule has 1 N–H and O–H groups in total. The molecule has 3 rings (SSSR count). The zero-order valence-electron chi connectivity index (χ0n) is 28.0. The van der Waals surface area contributed by atoms with E-state index in [1.54, 1.807) is 18.3 Å². The van der Waals surface area contributed by atoms with Crippen LogP contribution in [0.4, 0.5) is 10.6 Å². The average Bonchev–Trinajstić information content (AvgIpc) is 2.99. The molecule has 2 aliphatic rings. The predicted molar refractivity (Wildman–Crippen MR) is 175 cm³/mol. The number of hydrogen-bond donors (Lipinski definition) is 2. The van der Waals surface area contributed by atoms with Crippen molar-refractivity contribution in [2.45, 2.75) is 120 Å². The van der Waals surface area contributed by atoms with E-state index in [2.05, 4.69) is 53.6 Å². The fourth-order valence-corrected chi connectivity index (χ4v) is 4.04. The Kier molecular flexibility index (Phi) is 24.2. The third-order valence-electron chi connectivity index (χ3n) is 6.31. The predicted octanol–water partition coefficient (Wildman–Crippen LogP) is 7.40. The van der Waals surface area contributed by atoms with Crippen LogP contribution in [0.5, 0.6) is 6.01 Å². The molecular formula is C31H63N5O3S. The second-order valence-electron chi connectivity index (χ2n) is 10.3. The van der Waals surface area contributed by atoms with Crippen molar-refractivity contribution in [2.24, 2.45) is 5.92 Å². The molecule has 3 heterocycles. The summed E-state index contributed by atoms with van der Waals surface area (Å²) in [6, 6.07) is 0.395. The Bertz CT molecular complexity index is 766. The first-order valence-electron chi connectivity index (χ1n) is 15.5. The van der Waals surface area contributed by atoms with Crippen molar-refractivity contribution in [1.29, 1.82) is 0 Å². The van der Waals surface area contributed by atoms with Gasteiger partial charge in [-0.15, -0.1) is 0 Å². The molecule has 0 aliphatic carbocycles. The first-order valence-corrected chi connectivity index (χ1v) is 16.4. The number of methoxy groups -OCH3 is 1. The number of carbonyl (C=O) groups is 1. The van der Waals surface area contributed by atoms with Gasteiger partial charge in [-0.2, -0.15) is 22.6 Å². The highest BCUT2D eigenvalue weighted by Gasteiger charge is 2.29. The molecule has 0 radical (unpaired) electrons. The minimum absolute atomic E-state index is 0.251. The molecule has 236 valence electrons. The van der Waals surface area contributed by atoms with E-state index >= 15 is 0 Å². The molecule has 1 aromatic heterocycles. The van der Waals surface area contributed by atoms with Crippen molar-refractivity contribution < 1.29 is 14.3 Å². The Morgan fingerprint density at radius 3 is 2.12 bits per heavy atom. The van der Waals surface area contributed by atoms with Gasteiger partial charge >= 0.3 is 12.1 Å². The van der Waals surface area contributed by atoms with Crippen LogP contribution < -0.4 is 15.0 Å².